The topological polar surface area (TPSA) is 0 Å². The summed E-state index contributed by atoms with van der Waals surface area (Å²) in [6.45, 7) is 12.6. The average Bonchev–Trinajstić information content (AvgIpc) is 2.21. The molecule has 0 N–H and O–H groups in total. The summed E-state index contributed by atoms with van der Waals surface area (Å²) in [6.07, 6.45) is 4.66. The maximum Gasteiger partial charge on any atom is 0.289 e. The Kier molecular flexibility index (Phi) is 5.72. The molecule has 0 unspecified atom stereocenters. The third kappa shape index (κ3) is 4.89. The first-order chi connectivity index (χ1) is 6.68. The molecular formula is C13H12Si. The van der Waals surface area contributed by atoms with Crippen LogP contribution in [0.5, 0.6) is 0 Å². The smallest absolute Gasteiger partial charge is 0.0962 e. The van der Waals surface area contributed by atoms with Gasteiger partial charge in [0.25, 0.3) is 8.07 Å². The first-order valence-corrected chi connectivity index (χ1v) is 6.59. The standard InChI is InChI=1S/C13H12Si/c1-5-8-11-14(4,12-9-6-2)13-10-7-3/h5-7H,1-3H2,4H3. The van der Waals surface area contributed by atoms with Crippen LogP contribution in [-0.4, -0.2) is 8.07 Å². The lowest BCUT2D eigenvalue weighted by Crippen LogP contribution is -2.24. The van der Waals surface area contributed by atoms with Gasteiger partial charge < -0.3 is 0 Å². The predicted octanol–water partition coefficient (Wildman–Crippen LogP) is 2.25. The van der Waals surface area contributed by atoms with Crippen molar-refractivity contribution in [1.82, 2.24) is 0 Å². The lowest BCUT2D eigenvalue weighted by molar-refractivity contribution is 2.07. The third-order valence-corrected chi connectivity index (χ3v) is 3.21. The molecule has 0 spiro atoms. The number of hydrogen-bond acceptors (Lipinski definition) is 0. The highest BCUT2D eigenvalue weighted by Crippen LogP contribution is 1.96. The van der Waals surface area contributed by atoms with Crippen LogP contribution in [0.2, 0.25) is 6.55 Å². The second kappa shape index (κ2) is 6.61. The van der Waals surface area contributed by atoms with E-state index in [0.29, 0.717) is 0 Å². The van der Waals surface area contributed by atoms with Crippen LogP contribution in [0.1, 0.15) is 0 Å². The second-order valence-electron chi connectivity index (χ2n) is 2.55. The van der Waals surface area contributed by atoms with Crippen molar-refractivity contribution >= 4 is 8.07 Å². The van der Waals surface area contributed by atoms with Gasteiger partial charge in [-0.1, -0.05) is 54.1 Å². The SMILES string of the molecule is C=CC#C[Si](C)(C#CC=C)C#CC=C. The van der Waals surface area contributed by atoms with Gasteiger partial charge in [-0.2, -0.15) is 0 Å². The molecule has 0 bridgehead atoms. The molecular weight excluding hydrogens is 184 g/mol. The lowest BCUT2D eigenvalue weighted by atomic mass is 10.7. The van der Waals surface area contributed by atoms with Crippen LogP contribution in [0.25, 0.3) is 0 Å². The zero-order chi connectivity index (χ0) is 10.9. The van der Waals surface area contributed by atoms with Gasteiger partial charge in [0.05, 0.1) is 0 Å². The van der Waals surface area contributed by atoms with Crippen molar-refractivity contribution in [2.45, 2.75) is 6.55 Å². The summed E-state index contributed by atoms with van der Waals surface area (Å²) >= 11 is 0. The fourth-order valence-corrected chi connectivity index (χ4v) is 2.04. The maximum atomic E-state index is 3.54. The first-order valence-electron chi connectivity index (χ1n) is 4.09. The Labute approximate surface area is 87.4 Å². The van der Waals surface area contributed by atoms with Crippen LogP contribution in [-0.2, 0) is 0 Å². The molecule has 0 aliphatic carbocycles. The minimum atomic E-state index is -2.11. The van der Waals surface area contributed by atoms with Gasteiger partial charge in [0.2, 0.25) is 0 Å². The molecule has 0 amide bonds. The van der Waals surface area contributed by atoms with Gasteiger partial charge in [-0.3, -0.25) is 0 Å². The largest absolute Gasteiger partial charge is 0.289 e. The fraction of sp³-hybridized carbons (Fsp3) is 0.0769. The van der Waals surface area contributed by atoms with E-state index in [2.05, 4.69) is 54.1 Å². The van der Waals surface area contributed by atoms with E-state index in [0.717, 1.165) is 0 Å². The van der Waals surface area contributed by atoms with Crippen LogP contribution in [0.3, 0.4) is 0 Å². The van der Waals surface area contributed by atoms with Crippen LogP contribution >= 0.6 is 0 Å². The third-order valence-electron chi connectivity index (χ3n) is 1.27. The molecule has 0 nitrogen and oxygen atoms in total. The summed E-state index contributed by atoms with van der Waals surface area (Å²) in [7, 11) is -2.11. The minimum Gasteiger partial charge on any atom is -0.0962 e. The van der Waals surface area contributed by atoms with Crippen LogP contribution in [0.15, 0.2) is 38.0 Å². The molecule has 0 radical (unpaired) electrons. The molecule has 0 aliphatic heterocycles. The monoisotopic (exact) mass is 196 g/mol. The van der Waals surface area contributed by atoms with Crippen molar-refractivity contribution in [2.75, 3.05) is 0 Å². The van der Waals surface area contributed by atoms with Crippen molar-refractivity contribution in [3.8, 4) is 34.4 Å². The van der Waals surface area contributed by atoms with Crippen LogP contribution in [0, 0.1) is 34.4 Å². The highest BCUT2D eigenvalue weighted by molar-refractivity contribution is 6.99. The predicted molar refractivity (Wildman–Crippen MR) is 65.5 cm³/mol. The zero-order valence-corrected chi connectivity index (χ0v) is 9.35. The summed E-state index contributed by atoms with van der Waals surface area (Å²) in [5.74, 6) is 8.43. The Balaban J connectivity index is 5.12. The molecule has 0 aliphatic rings. The van der Waals surface area contributed by atoms with Gasteiger partial charge in [0.1, 0.15) is 0 Å². The van der Waals surface area contributed by atoms with E-state index in [9.17, 15) is 0 Å². The fourth-order valence-electron chi connectivity index (χ4n) is 0.680. The van der Waals surface area contributed by atoms with Gasteiger partial charge in [-0.15, -0.1) is 0 Å². The molecule has 68 valence electrons. The van der Waals surface area contributed by atoms with Gasteiger partial charge >= 0.3 is 0 Å². The van der Waals surface area contributed by atoms with Crippen LogP contribution in [0.4, 0.5) is 0 Å². The Hall–Kier alpha value is -1.88. The average molecular weight is 196 g/mol. The van der Waals surface area contributed by atoms with E-state index >= 15 is 0 Å². The molecule has 0 aromatic heterocycles. The van der Waals surface area contributed by atoms with E-state index < -0.39 is 8.07 Å². The van der Waals surface area contributed by atoms with Crippen molar-refractivity contribution in [3.05, 3.63) is 38.0 Å². The van der Waals surface area contributed by atoms with Gasteiger partial charge in [0.15, 0.2) is 0 Å². The second-order valence-corrected chi connectivity index (χ2v) is 5.55. The summed E-state index contributed by atoms with van der Waals surface area (Å²) < 4.78 is 0. The van der Waals surface area contributed by atoms with E-state index in [1.165, 1.54) is 0 Å². The van der Waals surface area contributed by atoms with Crippen molar-refractivity contribution in [3.63, 3.8) is 0 Å². The molecule has 0 aromatic carbocycles. The summed E-state index contributed by atoms with van der Waals surface area (Å²) in [5.41, 5.74) is 9.13. The quantitative estimate of drug-likeness (QED) is 0.412. The summed E-state index contributed by atoms with van der Waals surface area (Å²) in [5, 5.41) is 0. The highest BCUT2D eigenvalue weighted by Gasteiger charge is 2.18. The first kappa shape index (κ1) is 12.1. The lowest BCUT2D eigenvalue weighted by Gasteiger charge is -2.01. The number of rotatable bonds is 0. The minimum absolute atomic E-state index is 1.55. The van der Waals surface area contributed by atoms with E-state index in [4.69, 9.17) is 0 Å². The molecule has 0 fully saturated rings. The van der Waals surface area contributed by atoms with Crippen LogP contribution < -0.4 is 0 Å². The molecule has 0 aromatic rings. The molecule has 1 heteroatoms. The molecule has 0 rings (SSSR count). The molecule has 14 heavy (non-hydrogen) atoms. The normalized spacial score (nSPS) is 7.50. The number of allylic oxidation sites excluding steroid dienone is 3. The Morgan fingerprint density at radius 2 is 1.07 bits per heavy atom. The van der Waals surface area contributed by atoms with E-state index in [1.54, 1.807) is 18.2 Å². The van der Waals surface area contributed by atoms with Crippen molar-refractivity contribution in [1.29, 1.82) is 0 Å². The van der Waals surface area contributed by atoms with E-state index in [1.807, 2.05) is 6.55 Å². The molecule has 0 heterocycles. The van der Waals surface area contributed by atoms with Crippen molar-refractivity contribution in [2.24, 2.45) is 0 Å². The van der Waals surface area contributed by atoms with Gasteiger partial charge in [0, 0.05) is 0 Å². The summed E-state index contributed by atoms with van der Waals surface area (Å²) in [4.78, 5) is 0. The molecule has 0 saturated carbocycles. The Morgan fingerprint density at radius 1 is 0.786 bits per heavy atom. The van der Waals surface area contributed by atoms with Gasteiger partial charge in [-0.05, 0) is 24.8 Å². The number of hydrogen-bond donors (Lipinski definition) is 0. The summed E-state index contributed by atoms with van der Waals surface area (Å²) in [6, 6.07) is 0. The zero-order valence-electron chi connectivity index (χ0n) is 8.35. The molecule has 0 saturated heterocycles. The highest BCUT2D eigenvalue weighted by atomic mass is 28.3. The Bertz CT molecular complexity index is 343. The van der Waals surface area contributed by atoms with Gasteiger partial charge in [-0.25, -0.2) is 0 Å². The molecule has 0 atom stereocenters. The Morgan fingerprint density at radius 3 is 1.29 bits per heavy atom. The van der Waals surface area contributed by atoms with Crippen molar-refractivity contribution < 1.29 is 0 Å². The van der Waals surface area contributed by atoms with E-state index in [-0.39, 0.29) is 0 Å². The maximum absolute atomic E-state index is 3.54.